The van der Waals surface area contributed by atoms with Crippen LogP contribution in [0.2, 0.25) is 0 Å². The molecule has 0 radical (unpaired) electrons. The fourth-order valence-electron chi connectivity index (χ4n) is 7.19. The summed E-state index contributed by atoms with van der Waals surface area (Å²) in [5.41, 5.74) is 0.994. The number of hydrogen-bond acceptors (Lipinski definition) is 5. The molecular weight excluding hydrogens is 340 g/mol. The van der Waals surface area contributed by atoms with E-state index in [9.17, 15) is 9.59 Å². The maximum absolute atomic E-state index is 13.2. The van der Waals surface area contributed by atoms with Gasteiger partial charge in [-0.25, -0.2) is 0 Å². The van der Waals surface area contributed by atoms with E-state index in [0.717, 1.165) is 63.7 Å². The molecule has 1 N–H and O–H groups in total. The number of carbonyl (C=O) groups is 2. The average molecular weight is 373 g/mol. The van der Waals surface area contributed by atoms with Gasteiger partial charge in [0.15, 0.2) is 6.10 Å². The molecule has 148 valence electrons. The Hall–Kier alpha value is -1.23. The zero-order valence-corrected chi connectivity index (χ0v) is 16.6. The van der Waals surface area contributed by atoms with Gasteiger partial charge >= 0.3 is 0 Å². The lowest BCUT2D eigenvalue weighted by Crippen LogP contribution is -2.56. The highest BCUT2D eigenvalue weighted by atomic mass is 16.6. The Morgan fingerprint density at radius 1 is 1.04 bits per heavy atom. The van der Waals surface area contributed by atoms with Crippen molar-refractivity contribution >= 4 is 17.3 Å². The molecule has 5 heteroatoms. The van der Waals surface area contributed by atoms with Gasteiger partial charge in [0.2, 0.25) is 0 Å². The molecule has 1 unspecified atom stereocenters. The van der Waals surface area contributed by atoms with Crippen LogP contribution in [0.4, 0.5) is 0 Å². The van der Waals surface area contributed by atoms with E-state index < -0.39 is 0 Å². The third-order valence-corrected chi connectivity index (χ3v) is 9.08. The lowest BCUT2D eigenvalue weighted by Gasteiger charge is -2.58. The van der Waals surface area contributed by atoms with E-state index in [4.69, 9.17) is 4.84 Å². The largest absolute Gasteiger partial charge is 0.390 e. The number of oxime groups is 1. The molecule has 5 rings (SSSR count). The van der Waals surface area contributed by atoms with Gasteiger partial charge in [-0.2, -0.15) is 0 Å². The van der Waals surface area contributed by atoms with Crippen molar-refractivity contribution in [3.05, 3.63) is 0 Å². The number of Topliss-reactive ketones (excluding diaryl/α,β-unsaturated/α-hetero) is 2. The molecule has 5 aliphatic rings. The van der Waals surface area contributed by atoms with Gasteiger partial charge < -0.3 is 10.2 Å². The molecule has 0 aromatic rings. The molecule has 5 nitrogen and oxygen atoms in total. The van der Waals surface area contributed by atoms with Crippen molar-refractivity contribution in [3.63, 3.8) is 0 Å². The fraction of sp³-hybridized carbons (Fsp3) is 0.864. The summed E-state index contributed by atoms with van der Waals surface area (Å²) in [6, 6.07) is 0. The Morgan fingerprint density at radius 3 is 2.59 bits per heavy atom. The predicted octanol–water partition coefficient (Wildman–Crippen LogP) is 3.12. The van der Waals surface area contributed by atoms with Crippen LogP contribution in [-0.2, 0) is 14.4 Å². The summed E-state index contributed by atoms with van der Waals surface area (Å²) >= 11 is 0. The van der Waals surface area contributed by atoms with Gasteiger partial charge in [-0.15, -0.1) is 0 Å². The van der Waals surface area contributed by atoms with E-state index in [1.807, 2.05) is 0 Å². The van der Waals surface area contributed by atoms with E-state index in [1.54, 1.807) is 0 Å². The highest BCUT2D eigenvalue weighted by Crippen LogP contribution is 2.64. The van der Waals surface area contributed by atoms with Gasteiger partial charge in [0.05, 0.1) is 5.71 Å². The molecule has 0 amide bonds. The smallest absolute Gasteiger partial charge is 0.152 e. The number of rotatable bonds is 2. The minimum Gasteiger partial charge on any atom is -0.390 e. The zero-order valence-electron chi connectivity index (χ0n) is 16.6. The van der Waals surface area contributed by atoms with Gasteiger partial charge in [-0.3, -0.25) is 9.59 Å². The van der Waals surface area contributed by atoms with Crippen molar-refractivity contribution in [2.24, 2.45) is 39.7 Å². The lowest BCUT2D eigenvalue weighted by molar-refractivity contribution is -0.152. The van der Waals surface area contributed by atoms with Gasteiger partial charge in [-0.1, -0.05) is 19.0 Å². The molecule has 4 aliphatic carbocycles. The highest BCUT2D eigenvalue weighted by Gasteiger charge is 2.62. The van der Waals surface area contributed by atoms with Gasteiger partial charge in [0, 0.05) is 37.3 Å². The molecule has 5 fully saturated rings. The number of carbonyl (C=O) groups excluding carboxylic acids is 2. The number of nitrogens with one attached hydrogen (secondary N) is 1. The van der Waals surface area contributed by atoms with Crippen LogP contribution in [0.5, 0.6) is 0 Å². The van der Waals surface area contributed by atoms with Crippen LogP contribution in [-0.4, -0.2) is 36.5 Å². The van der Waals surface area contributed by atoms with E-state index in [1.165, 1.54) is 0 Å². The fourth-order valence-corrected chi connectivity index (χ4v) is 7.19. The summed E-state index contributed by atoms with van der Waals surface area (Å²) < 4.78 is 0. The molecular formula is C22H32N2O3. The van der Waals surface area contributed by atoms with Crippen LogP contribution in [0.3, 0.4) is 0 Å². The molecule has 1 saturated heterocycles. The second-order valence-corrected chi connectivity index (χ2v) is 10.3. The first-order valence-corrected chi connectivity index (χ1v) is 10.9. The summed E-state index contributed by atoms with van der Waals surface area (Å²) in [5, 5.41) is 7.61. The zero-order chi connectivity index (χ0) is 18.8. The molecule has 4 saturated carbocycles. The first kappa shape index (κ1) is 17.8. The summed E-state index contributed by atoms with van der Waals surface area (Å²) in [6.45, 7) is 6.29. The van der Waals surface area contributed by atoms with E-state index >= 15 is 0 Å². The van der Waals surface area contributed by atoms with Crippen LogP contribution < -0.4 is 5.32 Å². The summed E-state index contributed by atoms with van der Waals surface area (Å²) in [6.07, 6.45) is 7.50. The third-order valence-electron chi connectivity index (χ3n) is 9.08. The highest BCUT2D eigenvalue weighted by molar-refractivity contribution is 5.93. The van der Waals surface area contributed by atoms with Crippen LogP contribution in [0.1, 0.15) is 65.2 Å². The Bertz CT molecular complexity index is 700. The number of ketones is 2. The maximum Gasteiger partial charge on any atom is 0.152 e. The first-order chi connectivity index (χ1) is 12.9. The van der Waals surface area contributed by atoms with E-state index in [0.29, 0.717) is 35.7 Å². The molecule has 0 bridgehead atoms. The first-order valence-electron chi connectivity index (χ1n) is 10.9. The SMILES string of the molecule is C[C@]12CC/C(=N\OC3CNC3)CC1C(=O)C[C@@H]1[C@@H]2CC[C@]2(C)C(=O)CC[C@@H]12. The quantitative estimate of drug-likeness (QED) is 0.756. The molecule has 6 atom stereocenters. The monoisotopic (exact) mass is 372 g/mol. The summed E-state index contributed by atoms with van der Waals surface area (Å²) in [7, 11) is 0. The lowest BCUT2D eigenvalue weighted by atomic mass is 9.45. The normalized spacial score (nSPS) is 48.6. The predicted molar refractivity (Wildman–Crippen MR) is 102 cm³/mol. The van der Waals surface area contributed by atoms with E-state index in [-0.39, 0.29) is 22.9 Å². The Kier molecular flexibility index (Phi) is 4.05. The van der Waals surface area contributed by atoms with Crippen LogP contribution >= 0.6 is 0 Å². The number of hydrogen-bond donors (Lipinski definition) is 1. The van der Waals surface area contributed by atoms with Crippen LogP contribution in [0, 0.1) is 34.5 Å². The molecule has 0 spiro atoms. The summed E-state index contributed by atoms with van der Waals surface area (Å²) in [4.78, 5) is 31.4. The molecule has 1 aliphatic heterocycles. The Balaban J connectivity index is 1.37. The van der Waals surface area contributed by atoms with Gasteiger partial charge in [-0.05, 0) is 61.7 Å². The number of fused-ring (bicyclic) bond motifs is 5. The standard InChI is InChI=1S/C22H32N2O3/c1-21-7-5-13(24-27-14-11-23-12-14)9-18(21)19(25)10-15-16-3-4-20(26)22(16,2)8-6-17(15)21/h14-18,23H,3-12H2,1-2H3/b24-13+/t15-,16-,17-,18?,21+,22-/m0/s1. The van der Waals surface area contributed by atoms with Crippen molar-refractivity contribution in [1.82, 2.24) is 5.32 Å². The third kappa shape index (κ3) is 2.56. The van der Waals surface area contributed by atoms with Crippen molar-refractivity contribution in [2.45, 2.75) is 71.3 Å². The second kappa shape index (κ2) is 6.13. The second-order valence-electron chi connectivity index (χ2n) is 10.3. The van der Waals surface area contributed by atoms with Crippen molar-refractivity contribution in [3.8, 4) is 0 Å². The minimum atomic E-state index is -0.156. The Morgan fingerprint density at radius 2 is 1.85 bits per heavy atom. The van der Waals surface area contributed by atoms with Crippen molar-refractivity contribution < 1.29 is 14.4 Å². The van der Waals surface area contributed by atoms with Gasteiger partial charge in [0.25, 0.3) is 0 Å². The maximum atomic E-state index is 13.2. The van der Waals surface area contributed by atoms with Crippen LogP contribution in [0.25, 0.3) is 0 Å². The number of nitrogens with zero attached hydrogens (tertiary/aromatic N) is 1. The van der Waals surface area contributed by atoms with E-state index in [2.05, 4.69) is 24.3 Å². The van der Waals surface area contributed by atoms with Crippen LogP contribution in [0.15, 0.2) is 5.16 Å². The average Bonchev–Trinajstić information content (AvgIpc) is 2.90. The summed E-state index contributed by atoms with van der Waals surface area (Å²) in [5.74, 6) is 2.39. The molecule has 0 aromatic heterocycles. The molecule has 27 heavy (non-hydrogen) atoms. The molecule has 1 heterocycles. The topological polar surface area (TPSA) is 67.8 Å². The van der Waals surface area contributed by atoms with Gasteiger partial charge in [0.1, 0.15) is 11.6 Å². The minimum absolute atomic E-state index is 0.0734. The molecule has 0 aromatic carbocycles. The van der Waals surface area contributed by atoms with Crippen molar-refractivity contribution in [2.75, 3.05) is 13.1 Å². The van der Waals surface area contributed by atoms with Crippen molar-refractivity contribution in [1.29, 1.82) is 0 Å². The Labute approximate surface area is 161 Å².